The monoisotopic (exact) mass is 193 g/mol. The summed E-state index contributed by atoms with van der Waals surface area (Å²) in [5, 5.41) is 8.90. The summed E-state index contributed by atoms with van der Waals surface area (Å²) < 4.78 is 25.5. The first kappa shape index (κ1) is 10.9. The lowest BCUT2D eigenvalue weighted by molar-refractivity contribution is -0.0191. The van der Waals surface area contributed by atoms with Gasteiger partial charge in [0.2, 0.25) is 0 Å². The minimum Gasteiger partial charge on any atom is -0.394 e. The fourth-order valence-corrected chi connectivity index (χ4v) is 2.08. The molecule has 0 unspecified atom stereocenters. The highest BCUT2D eigenvalue weighted by Crippen LogP contribution is 2.46. The third-order valence-corrected chi connectivity index (χ3v) is 2.82. The number of alkyl halides is 2. The Morgan fingerprint density at radius 3 is 2.23 bits per heavy atom. The molecule has 0 aliphatic carbocycles. The van der Waals surface area contributed by atoms with Crippen molar-refractivity contribution in [2.75, 3.05) is 19.7 Å². The Morgan fingerprint density at radius 2 is 2.00 bits per heavy atom. The van der Waals surface area contributed by atoms with E-state index >= 15 is 0 Å². The highest BCUT2D eigenvalue weighted by atomic mass is 19.3. The van der Waals surface area contributed by atoms with Gasteiger partial charge in [0.05, 0.1) is 18.7 Å². The number of aliphatic hydroxyl groups is 1. The molecule has 1 atom stereocenters. The zero-order valence-corrected chi connectivity index (χ0v) is 8.19. The smallest absolute Gasteiger partial charge is 0.262 e. The Hall–Kier alpha value is -0.220. The summed E-state index contributed by atoms with van der Waals surface area (Å²) in [5.41, 5.74) is -0.552. The number of hydrogen-bond acceptors (Lipinski definition) is 2. The quantitative estimate of drug-likeness (QED) is 0.682. The van der Waals surface area contributed by atoms with Gasteiger partial charge >= 0.3 is 0 Å². The summed E-state index contributed by atoms with van der Waals surface area (Å²) in [7, 11) is 0. The zero-order valence-electron chi connectivity index (χ0n) is 8.19. The summed E-state index contributed by atoms with van der Waals surface area (Å²) in [6.07, 6.45) is 0.565. The second-order valence-corrected chi connectivity index (χ2v) is 3.59. The van der Waals surface area contributed by atoms with Crippen LogP contribution in [0.2, 0.25) is 0 Å². The predicted octanol–water partition coefficient (Wildman–Crippen LogP) is 1.49. The van der Waals surface area contributed by atoms with Crippen LogP contribution in [0, 0.1) is 0 Å². The van der Waals surface area contributed by atoms with Gasteiger partial charge in [0.15, 0.2) is 0 Å². The van der Waals surface area contributed by atoms with Gasteiger partial charge in [0, 0.05) is 13.0 Å². The van der Waals surface area contributed by atoms with Gasteiger partial charge in [-0.05, 0) is 6.42 Å². The Morgan fingerprint density at radius 1 is 1.38 bits per heavy atom. The molecule has 2 aliphatic rings. The minimum absolute atomic E-state index is 0.122. The molecule has 0 saturated carbocycles. The zero-order chi connectivity index (χ0) is 10.1. The van der Waals surface area contributed by atoms with E-state index in [1.54, 1.807) is 4.90 Å². The third-order valence-electron chi connectivity index (χ3n) is 2.82. The highest BCUT2D eigenvalue weighted by Gasteiger charge is 2.58. The number of fused-ring (bicyclic) bond motifs is 1. The van der Waals surface area contributed by atoms with Crippen molar-refractivity contribution in [2.45, 2.75) is 38.2 Å². The molecular weight excluding hydrogens is 176 g/mol. The molecule has 2 fully saturated rings. The normalized spacial score (nSPS) is 35.8. The minimum atomic E-state index is -2.57. The Labute approximate surface area is 77.5 Å². The van der Waals surface area contributed by atoms with Gasteiger partial charge in [0.25, 0.3) is 5.92 Å². The number of aliphatic hydroxyl groups excluding tert-OH is 1. The van der Waals surface area contributed by atoms with E-state index in [0.29, 0.717) is 0 Å². The maximum Gasteiger partial charge on any atom is 0.262 e. The number of rotatable bonds is 1. The second kappa shape index (κ2) is 3.50. The molecule has 78 valence electrons. The van der Waals surface area contributed by atoms with Crippen molar-refractivity contribution in [1.29, 1.82) is 0 Å². The van der Waals surface area contributed by atoms with Crippen molar-refractivity contribution in [3.63, 3.8) is 0 Å². The fourth-order valence-electron chi connectivity index (χ4n) is 2.08. The Balaban J connectivity index is 0.000000396. The molecule has 0 bridgehead atoms. The topological polar surface area (TPSA) is 23.5 Å². The van der Waals surface area contributed by atoms with Crippen LogP contribution in [0.5, 0.6) is 0 Å². The molecule has 4 heteroatoms. The van der Waals surface area contributed by atoms with Crippen molar-refractivity contribution in [3.8, 4) is 0 Å². The van der Waals surface area contributed by atoms with E-state index in [-0.39, 0.29) is 19.6 Å². The van der Waals surface area contributed by atoms with Gasteiger partial charge < -0.3 is 5.11 Å². The number of halogens is 2. The van der Waals surface area contributed by atoms with Crippen LogP contribution in [0.15, 0.2) is 0 Å². The van der Waals surface area contributed by atoms with Crippen LogP contribution in [0.25, 0.3) is 0 Å². The lowest BCUT2D eigenvalue weighted by Crippen LogP contribution is -2.57. The van der Waals surface area contributed by atoms with Crippen LogP contribution < -0.4 is 0 Å². The van der Waals surface area contributed by atoms with Crippen LogP contribution in [-0.2, 0) is 0 Å². The molecule has 0 radical (unpaired) electrons. The highest BCUT2D eigenvalue weighted by molar-refractivity contribution is 5.09. The van der Waals surface area contributed by atoms with Crippen LogP contribution in [0.1, 0.15) is 26.7 Å². The van der Waals surface area contributed by atoms with Crippen LogP contribution in [0.4, 0.5) is 8.78 Å². The average Bonchev–Trinajstić information content (AvgIpc) is 2.28. The average molecular weight is 193 g/mol. The predicted molar refractivity (Wildman–Crippen MR) is 46.9 cm³/mol. The molecule has 0 spiro atoms. The van der Waals surface area contributed by atoms with Crippen molar-refractivity contribution >= 4 is 0 Å². The molecule has 2 heterocycles. The lowest BCUT2D eigenvalue weighted by atomic mass is 9.85. The van der Waals surface area contributed by atoms with Crippen molar-refractivity contribution < 1.29 is 13.9 Å². The van der Waals surface area contributed by atoms with E-state index in [4.69, 9.17) is 5.11 Å². The van der Waals surface area contributed by atoms with Gasteiger partial charge in [-0.15, -0.1) is 0 Å². The molecule has 2 aliphatic heterocycles. The largest absolute Gasteiger partial charge is 0.394 e. The summed E-state index contributed by atoms with van der Waals surface area (Å²) in [6.45, 7) is 4.44. The molecule has 0 aromatic rings. The fraction of sp³-hybridized carbons (Fsp3) is 1.00. The molecule has 2 nitrogen and oxygen atoms in total. The molecule has 0 aromatic heterocycles. The van der Waals surface area contributed by atoms with Crippen molar-refractivity contribution in [3.05, 3.63) is 0 Å². The molecule has 2 saturated heterocycles. The second-order valence-electron chi connectivity index (χ2n) is 3.59. The molecule has 13 heavy (non-hydrogen) atoms. The van der Waals surface area contributed by atoms with Crippen LogP contribution >= 0.6 is 0 Å². The molecule has 1 N–H and O–H groups in total. The molecule has 0 aromatic carbocycles. The first-order chi connectivity index (χ1) is 6.08. The van der Waals surface area contributed by atoms with Gasteiger partial charge in [0.1, 0.15) is 0 Å². The van der Waals surface area contributed by atoms with E-state index in [9.17, 15) is 8.78 Å². The van der Waals surface area contributed by atoms with E-state index in [1.165, 1.54) is 0 Å². The molecule has 2 rings (SSSR count). The Bertz CT molecular complexity index is 182. The summed E-state index contributed by atoms with van der Waals surface area (Å²) in [4.78, 5) is 1.69. The Kier molecular flexibility index (Phi) is 2.92. The van der Waals surface area contributed by atoms with Crippen molar-refractivity contribution in [1.82, 2.24) is 4.90 Å². The number of hydrogen-bond donors (Lipinski definition) is 1. The standard InChI is InChI=1S/C7H11F2NO.C2H6/c8-7(9)3-6(5-11)1-2-10(6)4-7;1-2/h11H,1-5H2;1-2H3/t6-;/m1./s1. The first-order valence-electron chi connectivity index (χ1n) is 4.82. The molecular formula is C9H17F2NO. The summed E-state index contributed by atoms with van der Waals surface area (Å²) in [5.74, 6) is -2.57. The van der Waals surface area contributed by atoms with Crippen LogP contribution in [-0.4, -0.2) is 41.2 Å². The summed E-state index contributed by atoms with van der Waals surface area (Å²) in [6, 6.07) is 0. The van der Waals surface area contributed by atoms with Crippen molar-refractivity contribution in [2.24, 2.45) is 0 Å². The lowest BCUT2D eigenvalue weighted by Gasteiger charge is -2.46. The van der Waals surface area contributed by atoms with Gasteiger partial charge in [-0.25, -0.2) is 8.78 Å². The van der Waals surface area contributed by atoms with E-state index < -0.39 is 11.5 Å². The van der Waals surface area contributed by atoms with Gasteiger partial charge in [-0.2, -0.15) is 0 Å². The number of nitrogens with zero attached hydrogens (tertiary/aromatic N) is 1. The summed E-state index contributed by atoms with van der Waals surface area (Å²) >= 11 is 0. The molecule has 0 amide bonds. The van der Waals surface area contributed by atoms with E-state index in [2.05, 4.69) is 0 Å². The van der Waals surface area contributed by atoms with E-state index in [1.807, 2.05) is 13.8 Å². The van der Waals surface area contributed by atoms with E-state index in [0.717, 1.165) is 13.0 Å². The maximum absolute atomic E-state index is 12.8. The van der Waals surface area contributed by atoms with Crippen LogP contribution in [0.3, 0.4) is 0 Å². The SMILES string of the molecule is CC.OC[C@]12CCN1CC(F)(F)C2. The first-order valence-corrected chi connectivity index (χ1v) is 4.82. The van der Waals surface area contributed by atoms with Gasteiger partial charge in [-0.3, -0.25) is 4.90 Å². The third kappa shape index (κ3) is 1.70. The maximum atomic E-state index is 12.8. The van der Waals surface area contributed by atoms with Gasteiger partial charge in [-0.1, -0.05) is 13.8 Å².